The summed E-state index contributed by atoms with van der Waals surface area (Å²) in [5.41, 5.74) is 5.38. The fraction of sp³-hybridized carbons (Fsp3) is 0.368. The third-order valence-corrected chi connectivity index (χ3v) is 3.87. The highest BCUT2D eigenvalue weighted by atomic mass is 14.9. The summed E-state index contributed by atoms with van der Waals surface area (Å²) in [6.45, 7) is 8.94. The molecule has 1 nitrogen and oxygen atoms in total. The number of nitrogens with one attached hydrogen (secondary N) is 1. The van der Waals surface area contributed by atoms with Crippen LogP contribution in [0.4, 0.5) is 5.69 Å². The first kappa shape index (κ1) is 14.6. The van der Waals surface area contributed by atoms with Crippen LogP contribution in [-0.2, 0) is 6.42 Å². The monoisotopic (exact) mass is 267 g/mol. The van der Waals surface area contributed by atoms with Crippen molar-refractivity contribution in [3.8, 4) is 0 Å². The van der Waals surface area contributed by atoms with Gasteiger partial charge in [0.15, 0.2) is 0 Å². The lowest BCUT2D eigenvalue weighted by molar-refractivity contribution is 0.545. The molecule has 0 bridgehead atoms. The Morgan fingerprint density at radius 1 is 0.950 bits per heavy atom. The van der Waals surface area contributed by atoms with Gasteiger partial charge in [0.2, 0.25) is 0 Å². The Bertz CT molecular complexity index is 543. The molecular formula is C19H25N. The SMILES string of the molecule is CCc1cccc(C)c1NC(c1ccccc1)C(C)C. The number of aryl methyl sites for hydroxylation is 2. The molecule has 0 aliphatic carbocycles. The van der Waals surface area contributed by atoms with E-state index in [0.717, 1.165) is 6.42 Å². The third-order valence-electron chi connectivity index (χ3n) is 3.87. The van der Waals surface area contributed by atoms with Gasteiger partial charge in [0, 0.05) is 5.69 Å². The molecule has 1 unspecified atom stereocenters. The van der Waals surface area contributed by atoms with Crippen LogP contribution in [0, 0.1) is 12.8 Å². The lowest BCUT2D eigenvalue weighted by atomic mass is 9.94. The minimum Gasteiger partial charge on any atom is -0.378 e. The van der Waals surface area contributed by atoms with E-state index < -0.39 is 0 Å². The van der Waals surface area contributed by atoms with Crippen molar-refractivity contribution in [1.82, 2.24) is 0 Å². The molecule has 0 saturated heterocycles. The van der Waals surface area contributed by atoms with Crippen molar-refractivity contribution in [2.45, 2.75) is 40.2 Å². The molecule has 0 spiro atoms. The molecule has 20 heavy (non-hydrogen) atoms. The molecule has 2 aromatic rings. The van der Waals surface area contributed by atoms with Gasteiger partial charge in [-0.3, -0.25) is 0 Å². The number of hydrogen-bond donors (Lipinski definition) is 1. The van der Waals surface area contributed by atoms with E-state index in [1.807, 2.05) is 0 Å². The van der Waals surface area contributed by atoms with E-state index in [1.165, 1.54) is 22.4 Å². The zero-order valence-corrected chi connectivity index (χ0v) is 13.0. The first-order valence-electron chi connectivity index (χ1n) is 7.53. The molecule has 2 rings (SSSR count). The van der Waals surface area contributed by atoms with Crippen LogP contribution >= 0.6 is 0 Å². The summed E-state index contributed by atoms with van der Waals surface area (Å²) in [5.74, 6) is 0.543. The van der Waals surface area contributed by atoms with Gasteiger partial charge < -0.3 is 5.32 Å². The van der Waals surface area contributed by atoms with Crippen LogP contribution in [0.15, 0.2) is 48.5 Å². The number of hydrogen-bond acceptors (Lipinski definition) is 1. The van der Waals surface area contributed by atoms with Gasteiger partial charge in [0.05, 0.1) is 6.04 Å². The van der Waals surface area contributed by atoms with Gasteiger partial charge in [-0.2, -0.15) is 0 Å². The Hall–Kier alpha value is -1.76. The number of rotatable bonds is 5. The van der Waals surface area contributed by atoms with Gasteiger partial charge in [-0.05, 0) is 36.0 Å². The van der Waals surface area contributed by atoms with Gasteiger partial charge in [-0.15, -0.1) is 0 Å². The maximum absolute atomic E-state index is 3.78. The zero-order chi connectivity index (χ0) is 14.5. The molecule has 0 aromatic heterocycles. The van der Waals surface area contributed by atoms with Crippen molar-refractivity contribution in [3.63, 3.8) is 0 Å². The van der Waals surface area contributed by atoms with E-state index in [4.69, 9.17) is 0 Å². The van der Waals surface area contributed by atoms with Crippen molar-refractivity contribution in [2.24, 2.45) is 5.92 Å². The average Bonchev–Trinajstić information content (AvgIpc) is 2.46. The fourth-order valence-corrected chi connectivity index (χ4v) is 2.68. The lowest BCUT2D eigenvalue weighted by Crippen LogP contribution is -2.18. The Labute approximate surface area is 123 Å². The standard InChI is InChI=1S/C19H25N/c1-5-16-13-9-10-15(4)19(16)20-18(14(2)3)17-11-7-6-8-12-17/h6-14,18,20H,5H2,1-4H3. The zero-order valence-electron chi connectivity index (χ0n) is 13.0. The third kappa shape index (κ3) is 3.22. The lowest BCUT2D eigenvalue weighted by Gasteiger charge is -2.26. The minimum atomic E-state index is 0.350. The number of benzene rings is 2. The van der Waals surface area contributed by atoms with Crippen LogP contribution in [0.1, 0.15) is 43.5 Å². The van der Waals surface area contributed by atoms with Gasteiger partial charge >= 0.3 is 0 Å². The molecule has 0 amide bonds. The van der Waals surface area contributed by atoms with E-state index >= 15 is 0 Å². The van der Waals surface area contributed by atoms with E-state index in [-0.39, 0.29) is 0 Å². The maximum atomic E-state index is 3.78. The van der Waals surface area contributed by atoms with Crippen LogP contribution in [0.2, 0.25) is 0 Å². The summed E-state index contributed by atoms with van der Waals surface area (Å²) >= 11 is 0. The van der Waals surface area contributed by atoms with Gasteiger partial charge in [0.1, 0.15) is 0 Å². The van der Waals surface area contributed by atoms with Crippen LogP contribution in [-0.4, -0.2) is 0 Å². The van der Waals surface area contributed by atoms with E-state index in [0.29, 0.717) is 12.0 Å². The van der Waals surface area contributed by atoms with E-state index in [1.54, 1.807) is 0 Å². The summed E-state index contributed by atoms with van der Waals surface area (Å²) in [5, 5.41) is 3.78. The molecule has 0 radical (unpaired) electrons. The largest absolute Gasteiger partial charge is 0.378 e. The summed E-state index contributed by atoms with van der Waals surface area (Å²) in [6, 6.07) is 17.6. The topological polar surface area (TPSA) is 12.0 Å². The van der Waals surface area contributed by atoms with Crippen LogP contribution < -0.4 is 5.32 Å². The second-order valence-electron chi connectivity index (χ2n) is 5.74. The molecule has 0 aliphatic heterocycles. The van der Waals surface area contributed by atoms with Crippen molar-refractivity contribution < 1.29 is 0 Å². The van der Waals surface area contributed by atoms with E-state index in [2.05, 4.69) is 81.5 Å². The van der Waals surface area contributed by atoms with Gasteiger partial charge in [-0.25, -0.2) is 0 Å². The first-order valence-corrected chi connectivity index (χ1v) is 7.53. The van der Waals surface area contributed by atoms with Crippen molar-refractivity contribution in [3.05, 3.63) is 65.2 Å². The second kappa shape index (κ2) is 6.60. The fourth-order valence-electron chi connectivity index (χ4n) is 2.68. The molecule has 0 heterocycles. The van der Waals surface area contributed by atoms with Crippen LogP contribution in [0.3, 0.4) is 0 Å². The second-order valence-corrected chi connectivity index (χ2v) is 5.74. The molecule has 1 N–H and O–H groups in total. The molecule has 0 aliphatic rings. The molecule has 2 aromatic carbocycles. The van der Waals surface area contributed by atoms with Crippen LogP contribution in [0.5, 0.6) is 0 Å². The number of para-hydroxylation sites is 1. The molecule has 1 heteroatoms. The van der Waals surface area contributed by atoms with Crippen LogP contribution in [0.25, 0.3) is 0 Å². The predicted octanol–water partition coefficient (Wildman–Crippen LogP) is 5.37. The van der Waals surface area contributed by atoms with Crippen molar-refractivity contribution >= 4 is 5.69 Å². The highest BCUT2D eigenvalue weighted by molar-refractivity contribution is 5.58. The molecule has 0 saturated carbocycles. The molecule has 0 fully saturated rings. The van der Waals surface area contributed by atoms with Gasteiger partial charge in [-0.1, -0.05) is 69.3 Å². The summed E-state index contributed by atoms with van der Waals surface area (Å²) in [4.78, 5) is 0. The Morgan fingerprint density at radius 3 is 2.25 bits per heavy atom. The minimum absolute atomic E-state index is 0.350. The molecular weight excluding hydrogens is 242 g/mol. The Balaban J connectivity index is 2.35. The predicted molar refractivity (Wildman–Crippen MR) is 88.2 cm³/mol. The first-order chi connectivity index (χ1) is 9.63. The summed E-state index contributed by atoms with van der Waals surface area (Å²) in [7, 11) is 0. The summed E-state index contributed by atoms with van der Waals surface area (Å²) in [6.07, 6.45) is 1.06. The highest BCUT2D eigenvalue weighted by Gasteiger charge is 2.17. The Kier molecular flexibility index (Phi) is 4.84. The molecule has 1 atom stereocenters. The van der Waals surface area contributed by atoms with Crippen molar-refractivity contribution in [2.75, 3.05) is 5.32 Å². The van der Waals surface area contributed by atoms with Gasteiger partial charge in [0.25, 0.3) is 0 Å². The Morgan fingerprint density at radius 2 is 1.65 bits per heavy atom. The smallest absolute Gasteiger partial charge is 0.0536 e. The highest BCUT2D eigenvalue weighted by Crippen LogP contribution is 2.30. The maximum Gasteiger partial charge on any atom is 0.0536 e. The molecule has 106 valence electrons. The normalized spacial score (nSPS) is 12.4. The summed E-state index contributed by atoms with van der Waals surface area (Å²) < 4.78 is 0. The number of anilines is 1. The van der Waals surface area contributed by atoms with E-state index in [9.17, 15) is 0 Å². The average molecular weight is 267 g/mol. The quantitative estimate of drug-likeness (QED) is 0.768. The van der Waals surface area contributed by atoms with Crippen molar-refractivity contribution in [1.29, 1.82) is 0 Å².